The highest BCUT2D eigenvalue weighted by Gasteiger charge is 2.27. The molecule has 2 amide bonds. The van der Waals surface area contributed by atoms with Crippen molar-refractivity contribution in [3.05, 3.63) is 40.3 Å². The molecule has 1 saturated heterocycles. The Bertz CT molecular complexity index is 974. The summed E-state index contributed by atoms with van der Waals surface area (Å²) in [6.07, 6.45) is 0.131. The van der Waals surface area contributed by atoms with E-state index in [1.54, 1.807) is 45.0 Å². The van der Waals surface area contributed by atoms with E-state index in [0.29, 0.717) is 29.4 Å². The zero-order chi connectivity index (χ0) is 19.6. The van der Waals surface area contributed by atoms with Gasteiger partial charge in [0.1, 0.15) is 5.60 Å². The van der Waals surface area contributed by atoms with E-state index >= 15 is 0 Å². The van der Waals surface area contributed by atoms with Crippen LogP contribution < -0.4 is 11.0 Å². The molecule has 2 N–H and O–H groups in total. The van der Waals surface area contributed by atoms with Crippen molar-refractivity contribution in [3.63, 3.8) is 0 Å². The Morgan fingerprint density at radius 2 is 1.96 bits per heavy atom. The summed E-state index contributed by atoms with van der Waals surface area (Å²) in [4.78, 5) is 37.8. The molecule has 1 aromatic carbocycles. The number of carbonyl (C=O) groups is 2. The van der Waals surface area contributed by atoms with Crippen molar-refractivity contribution in [2.45, 2.75) is 32.8 Å². The van der Waals surface area contributed by atoms with Crippen LogP contribution >= 0.6 is 0 Å². The smallest absolute Gasteiger partial charge is 0.410 e. The van der Waals surface area contributed by atoms with Gasteiger partial charge in [-0.3, -0.25) is 9.59 Å². The molecule has 1 aromatic heterocycles. The summed E-state index contributed by atoms with van der Waals surface area (Å²) >= 11 is 0. The van der Waals surface area contributed by atoms with Gasteiger partial charge < -0.3 is 9.64 Å². The maximum atomic E-state index is 12.4. The molecule has 142 valence electrons. The number of hydrazone groups is 1. The lowest BCUT2D eigenvalue weighted by atomic mass is 10.1. The highest BCUT2D eigenvalue weighted by Crippen LogP contribution is 2.14. The second-order valence-corrected chi connectivity index (χ2v) is 7.22. The van der Waals surface area contributed by atoms with Crippen molar-refractivity contribution < 1.29 is 14.3 Å². The van der Waals surface area contributed by atoms with Crippen LogP contribution in [0.2, 0.25) is 0 Å². The molecule has 1 aliphatic rings. The van der Waals surface area contributed by atoms with Gasteiger partial charge in [0.15, 0.2) is 5.69 Å². The van der Waals surface area contributed by atoms with E-state index in [2.05, 4.69) is 20.7 Å². The Balaban J connectivity index is 1.69. The molecule has 2 aromatic rings. The molecule has 0 aliphatic carbocycles. The highest BCUT2D eigenvalue weighted by molar-refractivity contribution is 6.05. The van der Waals surface area contributed by atoms with Crippen LogP contribution in [0.3, 0.4) is 0 Å². The van der Waals surface area contributed by atoms with E-state index < -0.39 is 17.6 Å². The number of fused-ring (bicyclic) bond motifs is 1. The SMILES string of the molecule is CC(C)(C)OC(=O)N1CC/C(=N\NC(=O)c2n[nH]c(=O)c3ccccc23)C1. The molecule has 0 unspecified atom stereocenters. The van der Waals surface area contributed by atoms with Gasteiger partial charge in [0.25, 0.3) is 11.5 Å². The Morgan fingerprint density at radius 3 is 2.67 bits per heavy atom. The lowest BCUT2D eigenvalue weighted by Crippen LogP contribution is -2.35. The van der Waals surface area contributed by atoms with Gasteiger partial charge >= 0.3 is 6.09 Å². The molecule has 0 bridgehead atoms. The largest absolute Gasteiger partial charge is 0.444 e. The van der Waals surface area contributed by atoms with E-state index in [-0.39, 0.29) is 17.8 Å². The van der Waals surface area contributed by atoms with E-state index in [1.807, 2.05) is 0 Å². The van der Waals surface area contributed by atoms with Crippen LogP contribution in [0, 0.1) is 0 Å². The number of likely N-dealkylation sites (tertiary alicyclic amines) is 1. The second kappa shape index (κ2) is 7.18. The summed E-state index contributed by atoms with van der Waals surface area (Å²) in [5.41, 5.74) is 2.25. The Hall–Kier alpha value is -3.23. The molecule has 9 nitrogen and oxygen atoms in total. The monoisotopic (exact) mass is 371 g/mol. The summed E-state index contributed by atoms with van der Waals surface area (Å²) < 4.78 is 5.33. The maximum Gasteiger partial charge on any atom is 0.410 e. The standard InChI is InChI=1S/C18H21N5O4/c1-18(2,3)27-17(26)23-9-8-11(10-23)19-22-16(25)14-12-6-4-5-7-13(12)15(24)21-20-14/h4-7H,8-10H2,1-3H3,(H,21,24)(H,22,25)/b19-11+. The molecule has 2 heterocycles. The number of ether oxygens (including phenoxy) is 1. The molecule has 0 spiro atoms. The Morgan fingerprint density at radius 1 is 1.26 bits per heavy atom. The first-order chi connectivity index (χ1) is 12.7. The molecule has 0 radical (unpaired) electrons. The summed E-state index contributed by atoms with van der Waals surface area (Å²) in [7, 11) is 0. The van der Waals surface area contributed by atoms with Gasteiger partial charge in [-0.05, 0) is 26.8 Å². The molecule has 0 saturated carbocycles. The number of rotatable bonds is 2. The van der Waals surface area contributed by atoms with Gasteiger partial charge in [0.2, 0.25) is 0 Å². The van der Waals surface area contributed by atoms with Crippen molar-refractivity contribution in [1.29, 1.82) is 0 Å². The quantitative estimate of drug-likeness (QED) is 0.779. The van der Waals surface area contributed by atoms with Crippen LogP contribution in [0.15, 0.2) is 34.2 Å². The molecule has 0 atom stereocenters. The maximum absolute atomic E-state index is 12.4. The Kier molecular flexibility index (Phi) is 4.93. The number of amides is 2. The fraction of sp³-hybridized carbons (Fsp3) is 0.389. The van der Waals surface area contributed by atoms with Crippen LogP contribution in [0.5, 0.6) is 0 Å². The van der Waals surface area contributed by atoms with Crippen LogP contribution in [0.1, 0.15) is 37.7 Å². The van der Waals surface area contributed by atoms with Crippen molar-refractivity contribution in [1.82, 2.24) is 20.5 Å². The first kappa shape index (κ1) is 18.6. The predicted molar refractivity (Wildman–Crippen MR) is 99.7 cm³/mol. The minimum absolute atomic E-state index is 0.0801. The van der Waals surface area contributed by atoms with Crippen molar-refractivity contribution in [2.24, 2.45) is 5.10 Å². The predicted octanol–water partition coefficient (Wildman–Crippen LogP) is 1.65. The molecule has 27 heavy (non-hydrogen) atoms. The third-order valence-electron chi connectivity index (χ3n) is 3.92. The first-order valence-electron chi connectivity index (χ1n) is 8.56. The van der Waals surface area contributed by atoms with Gasteiger partial charge in [-0.25, -0.2) is 15.3 Å². The van der Waals surface area contributed by atoms with Gasteiger partial charge in [0, 0.05) is 18.4 Å². The topological polar surface area (TPSA) is 117 Å². The normalized spacial score (nSPS) is 16.0. The molecular weight excluding hydrogens is 350 g/mol. The van der Waals surface area contributed by atoms with Crippen molar-refractivity contribution in [2.75, 3.05) is 13.1 Å². The summed E-state index contributed by atoms with van der Waals surface area (Å²) in [6.45, 7) is 6.17. The summed E-state index contributed by atoms with van der Waals surface area (Å²) in [6, 6.07) is 6.71. The molecular formula is C18H21N5O4. The van der Waals surface area contributed by atoms with E-state index in [0.717, 1.165) is 0 Å². The van der Waals surface area contributed by atoms with Gasteiger partial charge in [-0.15, -0.1) is 0 Å². The number of nitrogens with one attached hydrogen (secondary N) is 2. The Labute approximate surface area is 155 Å². The minimum atomic E-state index is -0.567. The number of H-pyrrole nitrogens is 1. The van der Waals surface area contributed by atoms with Crippen LogP contribution in [-0.2, 0) is 4.74 Å². The van der Waals surface area contributed by atoms with Crippen LogP contribution in [0.25, 0.3) is 10.8 Å². The average molecular weight is 371 g/mol. The number of hydrogen-bond acceptors (Lipinski definition) is 6. The number of carbonyl (C=O) groups excluding carboxylic acids is 2. The van der Waals surface area contributed by atoms with Crippen molar-refractivity contribution >= 4 is 28.5 Å². The van der Waals surface area contributed by atoms with Gasteiger partial charge in [-0.2, -0.15) is 10.2 Å². The highest BCUT2D eigenvalue weighted by atomic mass is 16.6. The zero-order valence-corrected chi connectivity index (χ0v) is 15.4. The minimum Gasteiger partial charge on any atom is -0.444 e. The molecule has 9 heteroatoms. The van der Waals surface area contributed by atoms with E-state index in [4.69, 9.17) is 4.74 Å². The number of nitrogens with zero attached hydrogens (tertiary/aromatic N) is 3. The van der Waals surface area contributed by atoms with Crippen LogP contribution in [-0.4, -0.2) is 51.5 Å². The number of aromatic amines is 1. The third kappa shape index (κ3) is 4.30. The lowest BCUT2D eigenvalue weighted by molar-refractivity contribution is 0.0302. The number of hydrogen-bond donors (Lipinski definition) is 2. The van der Waals surface area contributed by atoms with Gasteiger partial charge in [0.05, 0.1) is 17.6 Å². The van der Waals surface area contributed by atoms with E-state index in [9.17, 15) is 14.4 Å². The summed E-state index contributed by atoms with van der Waals surface area (Å²) in [5, 5.41) is 11.1. The molecule has 3 rings (SSSR count). The molecule has 1 fully saturated rings. The van der Waals surface area contributed by atoms with Crippen LogP contribution in [0.4, 0.5) is 4.79 Å². The fourth-order valence-electron chi connectivity index (χ4n) is 2.69. The van der Waals surface area contributed by atoms with E-state index in [1.165, 1.54) is 4.90 Å². The summed E-state index contributed by atoms with van der Waals surface area (Å²) in [5.74, 6) is -0.536. The zero-order valence-electron chi connectivity index (χ0n) is 15.4. The third-order valence-corrected chi connectivity index (χ3v) is 3.92. The lowest BCUT2D eigenvalue weighted by Gasteiger charge is -2.23. The van der Waals surface area contributed by atoms with Gasteiger partial charge in [-0.1, -0.05) is 18.2 Å². The number of benzene rings is 1. The molecule has 1 aliphatic heterocycles. The second-order valence-electron chi connectivity index (χ2n) is 7.22. The number of aromatic nitrogens is 2. The fourth-order valence-corrected chi connectivity index (χ4v) is 2.69. The van der Waals surface area contributed by atoms with Crippen molar-refractivity contribution in [3.8, 4) is 0 Å². The first-order valence-corrected chi connectivity index (χ1v) is 8.56. The average Bonchev–Trinajstić information content (AvgIpc) is 3.08.